The molecule has 18 heavy (non-hydrogen) atoms. The van der Waals surface area contributed by atoms with Gasteiger partial charge in [0.25, 0.3) is 0 Å². The Hall–Kier alpha value is -1.58. The third-order valence-electron chi connectivity index (χ3n) is 2.41. The van der Waals surface area contributed by atoms with Gasteiger partial charge in [-0.15, -0.1) is 0 Å². The molecule has 92 valence electrons. The minimum Gasteiger partial charge on any atom is -0.309 e. The summed E-state index contributed by atoms with van der Waals surface area (Å²) < 4.78 is 0. The number of thiophene rings is 2. The van der Waals surface area contributed by atoms with E-state index < -0.39 is 0 Å². The van der Waals surface area contributed by atoms with Gasteiger partial charge in [-0.3, -0.25) is 0 Å². The van der Waals surface area contributed by atoms with Crippen LogP contribution in [0.25, 0.3) is 0 Å². The van der Waals surface area contributed by atoms with Crippen molar-refractivity contribution in [1.82, 2.24) is 0 Å². The summed E-state index contributed by atoms with van der Waals surface area (Å²) >= 11 is 3.41. The maximum Gasteiger partial charge on any atom is 0.0568 e. The summed E-state index contributed by atoms with van der Waals surface area (Å²) in [4.78, 5) is 2.23. The van der Waals surface area contributed by atoms with Crippen LogP contribution in [0.3, 0.4) is 0 Å². The molecule has 0 bridgehead atoms. The van der Waals surface area contributed by atoms with Gasteiger partial charge in [-0.2, -0.15) is 22.7 Å². The Kier molecular flexibility index (Phi) is 4.56. The topological polar surface area (TPSA) is 3.24 Å². The summed E-state index contributed by atoms with van der Waals surface area (Å²) in [5.41, 5.74) is 3.48. The molecule has 0 aliphatic carbocycles. The van der Waals surface area contributed by atoms with Crippen LogP contribution in [0.5, 0.6) is 0 Å². The smallest absolute Gasteiger partial charge is 0.0568 e. The first kappa shape index (κ1) is 12.9. The van der Waals surface area contributed by atoms with Crippen LogP contribution >= 0.6 is 22.7 Å². The van der Waals surface area contributed by atoms with E-state index in [1.165, 1.54) is 11.4 Å². The van der Waals surface area contributed by atoms with Crippen molar-refractivity contribution in [3.8, 4) is 0 Å². The van der Waals surface area contributed by atoms with E-state index in [4.69, 9.17) is 0 Å². The van der Waals surface area contributed by atoms with Gasteiger partial charge in [0.15, 0.2) is 0 Å². The summed E-state index contributed by atoms with van der Waals surface area (Å²) in [5.74, 6) is 0. The lowest BCUT2D eigenvalue weighted by molar-refractivity contribution is 1.23. The summed E-state index contributed by atoms with van der Waals surface area (Å²) in [6, 6.07) is 4.26. The van der Waals surface area contributed by atoms with Crippen LogP contribution in [-0.4, -0.2) is 0 Å². The Balaban J connectivity index is 2.48. The zero-order valence-electron chi connectivity index (χ0n) is 10.2. The van der Waals surface area contributed by atoms with Crippen molar-refractivity contribution in [2.75, 3.05) is 4.90 Å². The van der Waals surface area contributed by atoms with E-state index in [9.17, 15) is 0 Å². The highest BCUT2D eigenvalue weighted by atomic mass is 32.1. The van der Waals surface area contributed by atoms with Gasteiger partial charge < -0.3 is 4.90 Å². The summed E-state index contributed by atoms with van der Waals surface area (Å²) in [5, 5.41) is 8.49. The van der Waals surface area contributed by atoms with Gasteiger partial charge in [-0.05, 0) is 42.0 Å². The second-order valence-electron chi connectivity index (χ2n) is 3.63. The molecule has 2 aromatic heterocycles. The SMILES string of the molecule is C=C/C=C(\C=C/C)N(c1ccsc1)c1ccsc1. The number of hydrogen-bond donors (Lipinski definition) is 0. The molecule has 0 amide bonds. The molecule has 0 saturated carbocycles. The van der Waals surface area contributed by atoms with Crippen LogP contribution < -0.4 is 4.90 Å². The Morgan fingerprint density at radius 1 is 1.17 bits per heavy atom. The van der Waals surface area contributed by atoms with Gasteiger partial charge in [-0.1, -0.05) is 18.7 Å². The first-order valence-corrected chi connectivity index (χ1v) is 7.55. The maximum absolute atomic E-state index is 3.80. The van der Waals surface area contributed by atoms with Crippen molar-refractivity contribution in [2.24, 2.45) is 0 Å². The second-order valence-corrected chi connectivity index (χ2v) is 5.19. The highest BCUT2D eigenvalue weighted by molar-refractivity contribution is 7.08. The standard InChI is InChI=1S/C15H15NS2/c1-3-5-13(6-4-2)16(14-7-9-17-11-14)15-8-10-18-12-15/h3-12H,1H2,2H3/b6-4-,13-5+. The number of allylic oxidation sites excluding steroid dienone is 4. The number of hydrogen-bond acceptors (Lipinski definition) is 3. The average molecular weight is 273 g/mol. The predicted octanol–water partition coefficient (Wildman–Crippen LogP) is 5.59. The molecule has 2 rings (SSSR count). The zero-order valence-corrected chi connectivity index (χ0v) is 11.9. The minimum absolute atomic E-state index is 1.12. The molecular formula is C15H15NS2. The van der Waals surface area contributed by atoms with E-state index >= 15 is 0 Å². The van der Waals surface area contributed by atoms with Crippen LogP contribution in [0.4, 0.5) is 11.4 Å². The van der Waals surface area contributed by atoms with Crippen LogP contribution in [0, 0.1) is 0 Å². The van der Waals surface area contributed by atoms with Crippen molar-refractivity contribution >= 4 is 34.0 Å². The lowest BCUT2D eigenvalue weighted by Gasteiger charge is -2.23. The average Bonchev–Trinajstić information content (AvgIpc) is 3.03. The summed E-state index contributed by atoms with van der Waals surface area (Å²) in [7, 11) is 0. The summed E-state index contributed by atoms with van der Waals surface area (Å²) in [6.07, 6.45) is 7.98. The highest BCUT2D eigenvalue weighted by Crippen LogP contribution is 2.33. The molecule has 2 heterocycles. The Morgan fingerprint density at radius 3 is 2.17 bits per heavy atom. The Labute approximate surface area is 116 Å². The van der Waals surface area contributed by atoms with Crippen LogP contribution in [0.1, 0.15) is 6.92 Å². The van der Waals surface area contributed by atoms with Crippen molar-refractivity contribution in [2.45, 2.75) is 6.92 Å². The molecule has 0 fully saturated rings. The fourth-order valence-corrected chi connectivity index (χ4v) is 2.95. The quantitative estimate of drug-likeness (QED) is 0.641. The molecule has 0 aromatic carbocycles. The third-order valence-corrected chi connectivity index (χ3v) is 3.75. The van der Waals surface area contributed by atoms with E-state index in [0.29, 0.717) is 0 Å². The number of nitrogens with zero attached hydrogens (tertiary/aromatic N) is 1. The van der Waals surface area contributed by atoms with Gasteiger partial charge in [-0.25, -0.2) is 0 Å². The lowest BCUT2D eigenvalue weighted by Crippen LogP contribution is -2.13. The molecule has 0 aliphatic heterocycles. The molecule has 0 radical (unpaired) electrons. The first-order chi connectivity index (χ1) is 8.86. The second kappa shape index (κ2) is 6.38. The van der Waals surface area contributed by atoms with Crippen LogP contribution in [-0.2, 0) is 0 Å². The minimum atomic E-state index is 1.12. The first-order valence-electron chi connectivity index (χ1n) is 5.66. The van der Waals surface area contributed by atoms with Crippen molar-refractivity contribution in [3.05, 3.63) is 70.2 Å². The van der Waals surface area contributed by atoms with Crippen molar-refractivity contribution in [1.29, 1.82) is 0 Å². The van der Waals surface area contributed by atoms with Crippen LogP contribution in [0.15, 0.2) is 70.2 Å². The van der Waals surface area contributed by atoms with E-state index in [-0.39, 0.29) is 0 Å². The molecule has 3 heteroatoms. The third kappa shape index (κ3) is 2.81. The molecule has 2 aromatic rings. The molecule has 0 N–H and O–H groups in total. The van der Waals surface area contributed by atoms with Gasteiger partial charge in [0.05, 0.1) is 11.4 Å². The van der Waals surface area contributed by atoms with Crippen LogP contribution in [0.2, 0.25) is 0 Å². The molecule has 0 unspecified atom stereocenters. The monoisotopic (exact) mass is 273 g/mol. The van der Waals surface area contributed by atoms with E-state index in [1.807, 2.05) is 25.2 Å². The number of rotatable bonds is 5. The van der Waals surface area contributed by atoms with E-state index in [1.54, 1.807) is 22.7 Å². The number of anilines is 2. The molecular weight excluding hydrogens is 258 g/mol. The Bertz CT molecular complexity index is 499. The van der Waals surface area contributed by atoms with E-state index in [2.05, 4.69) is 51.2 Å². The van der Waals surface area contributed by atoms with Gasteiger partial charge in [0.1, 0.15) is 0 Å². The zero-order chi connectivity index (χ0) is 12.8. The molecule has 0 saturated heterocycles. The fourth-order valence-electron chi connectivity index (χ4n) is 1.71. The Morgan fingerprint density at radius 2 is 1.78 bits per heavy atom. The molecule has 1 nitrogen and oxygen atoms in total. The van der Waals surface area contributed by atoms with Gasteiger partial charge in [0, 0.05) is 16.5 Å². The molecule has 0 spiro atoms. The largest absolute Gasteiger partial charge is 0.309 e. The van der Waals surface area contributed by atoms with E-state index in [0.717, 1.165) is 5.70 Å². The maximum atomic E-state index is 3.80. The van der Waals surface area contributed by atoms with Crippen molar-refractivity contribution < 1.29 is 0 Å². The molecule has 0 atom stereocenters. The lowest BCUT2D eigenvalue weighted by atomic mass is 10.2. The fraction of sp³-hybridized carbons (Fsp3) is 0.0667. The summed E-state index contributed by atoms with van der Waals surface area (Å²) in [6.45, 7) is 5.82. The van der Waals surface area contributed by atoms with Gasteiger partial charge >= 0.3 is 0 Å². The predicted molar refractivity (Wildman–Crippen MR) is 83.9 cm³/mol. The highest BCUT2D eigenvalue weighted by Gasteiger charge is 2.12. The molecule has 0 aliphatic rings. The normalized spacial score (nSPS) is 11.9. The van der Waals surface area contributed by atoms with Crippen molar-refractivity contribution in [3.63, 3.8) is 0 Å². The van der Waals surface area contributed by atoms with Gasteiger partial charge in [0.2, 0.25) is 0 Å².